The minimum atomic E-state index is 0.160. The van der Waals surface area contributed by atoms with E-state index in [4.69, 9.17) is 0 Å². The van der Waals surface area contributed by atoms with Gasteiger partial charge in [0.15, 0.2) is 5.13 Å². The first-order valence-electron chi connectivity index (χ1n) is 8.06. The van der Waals surface area contributed by atoms with Crippen molar-refractivity contribution < 1.29 is 4.79 Å². The topological polar surface area (TPSA) is 54.3 Å². The predicted octanol–water partition coefficient (Wildman–Crippen LogP) is 1.64. The lowest BCUT2D eigenvalue weighted by Gasteiger charge is -2.34. The molecule has 2 fully saturated rings. The Morgan fingerprint density at radius 2 is 2.09 bits per heavy atom. The third-order valence-electron chi connectivity index (χ3n) is 4.73. The lowest BCUT2D eigenvalue weighted by molar-refractivity contribution is -0.132. The summed E-state index contributed by atoms with van der Waals surface area (Å²) in [4.78, 5) is 21.5. The molecular formula is C16H21N5OS. The number of carbonyl (C=O) groups excluding carboxylic acids is 1. The molecule has 1 aliphatic carbocycles. The molecule has 4 rings (SSSR count). The van der Waals surface area contributed by atoms with E-state index in [0.29, 0.717) is 11.8 Å². The zero-order valence-corrected chi connectivity index (χ0v) is 14.3. The molecule has 0 bridgehead atoms. The molecule has 1 amide bonds. The third kappa shape index (κ3) is 2.85. The number of aryl methyl sites for hydroxylation is 2. The molecule has 2 aromatic rings. The first-order valence-corrected chi connectivity index (χ1v) is 8.94. The van der Waals surface area contributed by atoms with Gasteiger partial charge in [0, 0.05) is 50.7 Å². The van der Waals surface area contributed by atoms with Gasteiger partial charge in [-0.15, -0.1) is 11.3 Å². The second-order valence-electron chi connectivity index (χ2n) is 6.48. The molecule has 2 aromatic heterocycles. The predicted molar refractivity (Wildman–Crippen MR) is 89.7 cm³/mol. The van der Waals surface area contributed by atoms with Crippen molar-refractivity contribution in [3.05, 3.63) is 29.0 Å². The van der Waals surface area contributed by atoms with Gasteiger partial charge in [-0.3, -0.25) is 9.48 Å². The van der Waals surface area contributed by atoms with Gasteiger partial charge in [0.05, 0.1) is 11.9 Å². The molecule has 0 spiro atoms. The highest BCUT2D eigenvalue weighted by atomic mass is 32.1. The maximum absolute atomic E-state index is 12.7. The first kappa shape index (κ1) is 14.7. The molecule has 1 saturated heterocycles. The minimum absolute atomic E-state index is 0.160. The van der Waals surface area contributed by atoms with E-state index in [0.717, 1.165) is 43.4 Å². The van der Waals surface area contributed by atoms with Crippen LogP contribution in [0.15, 0.2) is 17.8 Å². The molecule has 0 unspecified atom stereocenters. The van der Waals surface area contributed by atoms with E-state index in [-0.39, 0.29) is 5.92 Å². The van der Waals surface area contributed by atoms with Crippen molar-refractivity contribution in [3.8, 4) is 0 Å². The number of piperazine rings is 1. The van der Waals surface area contributed by atoms with Gasteiger partial charge < -0.3 is 9.80 Å². The fourth-order valence-electron chi connectivity index (χ4n) is 3.31. The Balaban J connectivity index is 1.33. The largest absolute Gasteiger partial charge is 0.345 e. The van der Waals surface area contributed by atoms with Gasteiger partial charge >= 0.3 is 0 Å². The molecule has 23 heavy (non-hydrogen) atoms. The zero-order chi connectivity index (χ0) is 16.0. The van der Waals surface area contributed by atoms with E-state index in [1.807, 2.05) is 35.9 Å². The highest BCUT2D eigenvalue weighted by molar-refractivity contribution is 7.13. The summed E-state index contributed by atoms with van der Waals surface area (Å²) in [5.74, 6) is 0.845. The molecule has 0 N–H and O–H groups in total. The molecule has 0 aromatic carbocycles. The lowest BCUT2D eigenvalue weighted by Crippen LogP contribution is -2.49. The molecule has 7 heteroatoms. The molecular weight excluding hydrogens is 310 g/mol. The van der Waals surface area contributed by atoms with E-state index < -0.39 is 0 Å². The maximum Gasteiger partial charge on any atom is 0.226 e. The normalized spacial score (nSPS) is 24.1. The zero-order valence-electron chi connectivity index (χ0n) is 13.5. The fraction of sp³-hybridized carbons (Fsp3) is 0.562. The summed E-state index contributed by atoms with van der Waals surface area (Å²) >= 11 is 1.69. The third-order valence-corrected chi connectivity index (χ3v) is 5.75. The van der Waals surface area contributed by atoms with Gasteiger partial charge in [-0.1, -0.05) is 0 Å². The van der Waals surface area contributed by atoms with Crippen LogP contribution in [-0.4, -0.2) is 51.8 Å². The Bertz CT molecular complexity index is 716. The van der Waals surface area contributed by atoms with Gasteiger partial charge in [0.25, 0.3) is 0 Å². The second kappa shape index (κ2) is 5.63. The van der Waals surface area contributed by atoms with Crippen molar-refractivity contribution in [1.82, 2.24) is 19.7 Å². The first-order chi connectivity index (χ1) is 11.1. The molecule has 2 aliphatic rings. The number of amides is 1. The Hall–Kier alpha value is -1.89. The highest BCUT2D eigenvalue weighted by Gasteiger charge is 2.46. The van der Waals surface area contributed by atoms with Crippen LogP contribution in [0.4, 0.5) is 5.13 Å². The summed E-state index contributed by atoms with van der Waals surface area (Å²) in [6.07, 6.45) is 4.89. The summed E-state index contributed by atoms with van der Waals surface area (Å²) in [6.45, 7) is 5.37. The fourth-order valence-corrected chi connectivity index (χ4v) is 4.16. The van der Waals surface area contributed by atoms with Crippen LogP contribution in [0.5, 0.6) is 0 Å². The smallest absolute Gasteiger partial charge is 0.226 e. The Morgan fingerprint density at radius 1 is 1.30 bits per heavy atom. The van der Waals surface area contributed by atoms with Crippen molar-refractivity contribution in [3.63, 3.8) is 0 Å². The van der Waals surface area contributed by atoms with E-state index in [1.54, 1.807) is 11.3 Å². The van der Waals surface area contributed by atoms with Gasteiger partial charge in [0.2, 0.25) is 5.91 Å². The SMILES string of the molecule is Cc1csc(N2CCN(C(=O)[C@H]3C[C@H]3c3cnn(C)c3)CC2)n1. The summed E-state index contributed by atoms with van der Waals surface area (Å²) in [5.41, 5.74) is 2.27. The molecule has 2 atom stereocenters. The van der Waals surface area contributed by atoms with E-state index in [9.17, 15) is 4.79 Å². The van der Waals surface area contributed by atoms with Crippen molar-refractivity contribution in [2.75, 3.05) is 31.1 Å². The highest BCUT2D eigenvalue weighted by Crippen LogP contribution is 2.48. The van der Waals surface area contributed by atoms with Gasteiger partial charge in [-0.05, 0) is 24.8 Å². The van der Waals surface area contributed by atoms with Crippen LogP contribution in [0.25, 0.3) is 0 Å². The number of hydrogen-bond acceptors (Lipinski definition) is 5. The summed E-state index contributed by atoms with van der Waals surface area (Å²) in [6, 6.07) is 0. The summed E-state index contributed by atoms with van der Waals surface area (Å²) in [7, 11) is 1.92. The summed E-state index contributed by atoms with van der Waals surface area (Å²) < 4.78 is 1.81. The molecule has 6 nitrogen and oxygen atoms in total. The number of aromatic nitrogens is 3. The van der Waals surface area contributed by atoms with Crippen LogP contribution in [-0.2, 0) is 11.8 Å². The van der Waals surface area contributed by atoms with Crippen molar-refractivity contribution in [2.24, 2.45) is 13.0 Å². The quantitative estimate of drug-likeness (QED) is 0.858. The average Bonchev–Trinajstić information content (AvgIpc) is 3.05. The molecule has 122 valence electrons. The van der Waals surface area contributed by atoms with Crippen molar-refractivity contribution in [1.29, 1.82) is 0 Å². The van der Waals surface area contributed by atoms with Crippen LogP contribution in [0.3, 0.4) is 0 Å². The number of hydrogen-bond donors (Lipinski definition) is 0. The van der Waals surface area contributed by atoms with Crippen LogP contribution < -0.4 is 4.90 Å². The summed E-state index contributed by atoms with van der Waals surface area (Å²) in [5, 5.41) is 7.37. The van der Waals surface area contributed by atoms with E-state index >= 15 is 0 Å². The number of rotatable bonds is 3. The van der Waals surface area contributed by atoms with Crippen LogP contribution in [0.2, 0.25) is 0 Å². The molecule has 0 radical (unpaired) electrons. The number of nitrogens with zero attached hydrogens (tertiary/aromatic N) is 5. The van der Waals surface area contributed by atoms with E-state index in [2.05, 4.69) is 20.4 Å². The standard InChI is InChI=1S/C16H21N5OS/c1-11-10-23-16(18-11)21-5-3-20(4-6-21)15(22)14-7-13(14)12-8-17-19(2)9-12/h8-10,13-14H,3-7H2,1-2H3/t13-,14-/m0/s1. The van der Waals surface area contributed by atoms with Gasteiger partial charge in [-0.2, -0.15) is 5.10 Å². The number of carbonyl (C=O) groups is 1. The Kier molecular flexibility index (Phi) is 3.60. The number of thiazole rings is 1. The molecule has 1 saturated carbocycles. The van der Waals surface area contributed by atoms with Crippen molar-refractivity contribution >= 4 is 22.4 Å². The molecule has 1 aliphatic heterocycles. The maximum atomic E-state index is 12.7. The second-order valence-corrected chi connectivity index (χ2v) is 7.32. The van der Waals surface area contributed by atoms with Crippen LogP contribution in [0.1, 0.15) is 23.6 Å². The van der Waals surface area contributed by atoms with Crippen molar-refractivity contribution in [2.45, 2.75) is 19.3 Å². The molecule has 3 heterocycles. The Labute approximate surface area is 139 Å². The lowest BCUT2D eigenvalue weighted by atomic mass is 10.2. The average molecular weight is 331 g/mol. The minimum Gasteiger partial charge on any atom is -0.345 e. The van der Waals surface area contributed by atoms with Gasteiger partial charge in [0.1, 0.15) is 0 Å². The van der Waals surface area contributed by atoms with Gasteiger partial charge in [-0.25, -0.2) is 4.98 Å². The van der Waals surface area contributed by atoms with Crippen LogP contribution in [0, 0.1) is 12.8 Å². The number of anilines is 1. The Morgan fingerprint density at radius 3 is 2.70 bits per heavy atom. The van der Waals surface area contributed by atoms with Crippen LogP contribution >= 0.6 is 11.3 Å². The monoisotopic (exact) mass is 331 g/mol. The van der Waals surface area contributed by atoms with E-state index in [1.165, 1.54) is 5.56 Å².